The molecule has 0 fully saturated rings. The Balaban J connectivity index is 2.58. The summed E-state index contributed by atoms with van der Waals surface area (Å²) < 4.78 is 72.0. The quantitative estimate of drug-likeness (QED) is 0.524. The summed E-state index contributed by atoms with van der Waals surface area (Å²) in [6.45, 7) is 0.455. The summed E-state index contributed by atoms with van der Waals surface area (Å²) in [5, 5.41) is 2.56. The van der Waals surface area contributed by atoms with E-state index in [1.54, 1.807) is 0 Å². The molecule has 0 spiro atoms. The lowest BCUT2D eigenvalue weighted by molar-refractivity contribution is 0.219. The molecule has 0 radical (unpaired) electrons. The van der Waals surface area contributed by atoms with E-state index in [2.05, 4.69) is 5.32 Å². The van der Waals surface area contributed by atoms with Gasteiger partial charge in [0.05, 0.1) is 24.5 Å². The molecule has 1 heterocycles. The Morgan fingerprint density at radius 1 is 1.00 bits per heavy atom. The van der Waals surface area contributed by atoms with Gasteiger partial charge in [-0.25, -0.2) is 22.0 Å². The maximum atomic E-state index is 13.8. The summed E-state index contributed by atoms with van der Waals surface area (Å²) >= 11 is 0. The van der Waals surface area contributed by atoms with E-state index in [0.717, 1.165) is 0 Å². The SMILES string of the molecule is CNC(C1=COCCC1)c1c(F)c(F)c(F)c(F)c1F. The number of hydrogen-bond donors (Lipinski definition) is 1. The van der Waals surface area contributed by atoms with Crippen LogP contribution in [-0.2, 0) is 4.74 Å². The molecule has 0 aliphatic carbocycles. The van der Waals surface area contributed by atoms with Crippen LogP contribution in [0.15, 0.2) is 11.8 Å². The van der Waals surface area contributed by atoms with E-state index in [1.165, 1.54) is 13.3 Å². The Morgan fingerprint density at radius 2 is 1.55 bits per heavy atom. The first kappa shape index (κ1) is 14.8. The van der Waals surface area contributed by atoms with Gasteiger partial charge in [0.15, 0.2) is 23.3 Å². The van der Waals surface area contributed by atoms with Gasteiger partial charge in [0.25, 0.3) is 0 Å². The number of likely N-dealkylation sites (N-methyl/N-ethyl adjacent to an activating group) is 1. The third-order valence-electron chi connectivity index (χ3n) is 3.15. The Bertz CT molecular complexity index is 529. The zero-order valence-corrected chi connectivity index (χ0v) is 10.6. The Labute approximate surface area is 112 Å². The van der Waals surface area contributed by atoms with Crippen molar-refractivity contribution < 1.29 is 26.7 Å². The van der Waals surface area contributed by atoms with Crippen molar-refractivity contribution in [2.45, 2.75) is 18.9 Å². The average molecular weight is 293 g/mol. The van der Waals surface area contributed by atoms with Crippen LogP contribution in [0.1, 0.15) is 24.4 Å². The Morgan fingerprint density at radius 3 is 2.00 bits per heavy atom. The first-order valence-corrected chi connectivity index (χ1v) is 5.98. The minimum absolute atomic E-state index is 0.432. The van der Waals surface area contributed by atoms with Crippen molar-refractivity contribution in [3.05, 3.63) is 46.5 Å². The van der Waals surface area contributed by atoms with E-state index in [1.807, 2.05) is 0 Å². The second-order valence-electron chi connectivity index (χ2n) is 4.37. The summed E-state index contributed by atoms with van der Waals surface area (Å²) in [7, 11) is 1.37. The van der Waals surface area contributed by atoms with Crippen LogP contribution < -0.4 is 5.32 Å². The van der Waals surface area contributed by atoms with E-state index in [-0.39, 0.29) is 0 Å². The van der Waals surface area contributed by atoms with Gasteiger partial charge in [-0.15, -0.1) is 0 Å². The minimum atomic E-state index is -2.16. The number of ether oxygens (including phenoxy) is 1. The van der Waals surface area contributed by atoms with Crippen LogP contribution in [0.2, 0.25) is 0 Å². The number of rotatable bonds is 3. The summed E-state index contributed by atoms with van der Waals surface area (Å²) in [4.78, 5) is 0. The molecule has 0 bridgehead atoms. The average Bonchev–Trinajstić information content (AvgIpc) is 2.48. The van der Waals surface area contributed by atoms with Gasteiger partial charge in [-0.3, -0.25) is 0 Å². The van der Waals surface area contributed by atoms with Crippen LogP contribution in [-0.4, -0.2) is 13.7 Å². The van der Waals surface area contributed by atoms with Crippen molar-refractivity contribution in [3.63, 3.8) is 0 Å². The molecule has 20 heavy (non-hydrogen) atoms. The number of hydrogen-bond acceptors (Lipinski definition) is 2. The van der Waals surface area contributed by atoms with E-state index in [4.69, 9.17) is 4.74 Å². The second kappa shape index (κ2) is 5.78. The molecule has 1 aliphatic rings. The highest BCUT2D eigenvalue weighted by Gasteiger charge is 2.31. The summed E-state index contributed by atoms with van der Waals surface area (Å²) in [6.07, 6.45) is 2.35. The molecular formula is C13H12F5NO. The fraction of sp³-hybridized carbons (Fsp3) is 0.385. The van der Waals surface area contributed by atoms with Crippen molar-refractivity contribution in [2.75, 3.05) is 13.7 Å². The highest BCUT2D eigenvalue weighted by molar-refractivity contribution is 5.33. The molecule has 2 nitrogen and oxygen atoms in total. The van der Waals surface area contributed by atoms with Crippen molar-refractivity contribution >= 4 is 0 Å². The first-order valence-electron chi connectivity index (χ1n) is 5.98. The predicted octanol–water partition coefficient (Wildman–Crippen LogP) is 3.34. The smallest absolute Gasteiger partial charge is 0.200 e. The van der Waals surface area contributed by atoms with Crippen LogP contribution in [0, 0.1) is 29.1 Å². The lowest BCUT2D eigenvalue weighted by Crippen LogP contribution is -2.25. The molecule has 0 saturated heterocycles. The van der Waals surface area contributed by atoms with Crippen molar-refractivity contribution in [3.8, 4) is 0 Å². The van der Waals surface area contributed by atoms with Gasteiger partial charge >= 0.3 is 0 Å². The highest BCUT2D eigenvalue weighted by Crippen LogP contribution is 2.33. The van der Waals surface area contributed by atoms with E-state index >= 15 is 0 Å². The zero-order chi connectivity index (χ0) is 14.9. The van der Waals surface area contributed by atoms with Gasteiger partial charge in [-0.1, -0.05) is 0 Å². The molecule has 0 aromatic heterocycles. The normalized spacial score (nSPS) is 16.6. The standard InChI is InChI=1S/C13H12F5NO/c1-19-13(6-3-2-4-20-5-6)7-8(14)10(16)12(18)11(17)9(7)15/h5,13,19H,2-4H2,1H3. The molecule has 0 amide bonds. The molecule has 1 aromatic rings. The lowest BCUT2D eigenvalue weighted by atomic mass is 9.94. The zero-order valence-electron chi connectivity index (χ0n) is 10.6. The fourth-order valence-electron chi connectivity index (χ4n) is 2.19. The first-order chi connectivity index (χ1) is 9.49. The second-order valence-corrected chi connectivity index (χ2v) is 4.37. The van der Waals surface area contributed by atoms with Crippen molar-refractivity contribution in [1.29, 1.82) is 0 Å². The van der Waals surface area contributed by atoms with E-state index in [0.29, 0.717) is 25.0 Å². The van der Waals surface area contributed by atoms with Crippen LogP contribution in [0.4, 0.5) is 22.0 Å². The van der Waals surface area contributed by atoms with Gasteiger partial charge < -0.3 is 10.1 Å². The minimum Gasteiger partial charge on any atom is -0.501 e. The molecule has 1 N–H and O–H groups in total. The summed E-state index contributed by atoms with van der Waals surface area (Å²) in [5.74, 6) is -9.71. The summed E-state index contributed by atoms with van der Waals surface area (Å²) in [6, 6.07) is -1.13. The van der Waals surface area contributed by atoms with Crippen molar-refractivity contribution in [1.82, 2.24) is 5.32 Å². The molecule has 1 aliphatic heterocycles. The maximum absolute atomic E-state index is 13.8. The van der Waals surface area contributed by atoms with Gasteiger partial charge in [0.1, 0.15) is 0 Å². The number of nitrogens with one attached hydrogen (secondary N) is 1. The molecule has 110 valence electrons. The maximum Gasteiger partial charge on any atom is 0.200 e. The lowest BCUT2D eigenvalue weighted by Gasteiger charge is -2.24. The largest absolute Gasteiger partial charge is 0.501 e. The molecular weight excluding hydrogens is 281 g/mol. The molecule has 1 unspecified atom stereocenters. The molecule has 0 saturated carbocycles. The molecule has 1 atom stereocenters. The molecule has 1 aromatic carbocycles. The van der Waals surface area contributed by atoms with Crippen LogP contribution in [0.25, 0.3) is 0 Å². The topological polar surface area (TPSA) is 21.3 Å². The van der Waals surface area contributed by atoms with Gasteiger partial charge in [-0.05, 0) is 25.5 Å². The number of halogens is 5. The summed E-state index contributed by atoms with van der Waals surface area (Å²) in [5.41, 5.74) is -0.456. The van der Waals surface area contributed by atoms with Gasteiger partial charge in [-0.2, -0.15) is 0 Å². The van der Waals surface area contributed by atoms with E-state index < -0.39 is 40.7 Å². The van der Waals surface area contributed by atoms with Crippen molar-refractivity contribution in [2.24, 2.45) is 0 Å². The van der Waals surface area contributed by atoms with E-state index in [9.17, 15) is 22.0 Å². The van der Waals surface area contributed by atoms with Crippen LogP contribution in [0.3, 0.4) is 0 Å². The molecule has 2 rings (SSSR count). The Kier molecular flexibility index (Phi) is 4.27. The van der Waals surface area contributed by atoms with Crippen LogP contribution in [0.5, 0.6) is 0 Å². The monoisotopic (exact) mass is 293 g/mol. The fourth-order valence-corrected chi connectivity index (χ4v) is 2.19. The van der Waals surface area contributed by atoms with Crippen LogP contribution >= 0.6 is 0 Å². The highest BCUT2D eigenvalue weighted by atomic mass is 19.2. The van der Waals surface area contributed by atoms with Gasteiger partial charge in [0.2, 0.25) is 5.82 Å². The number of benzene rings is 1. The molecule has 7 heteroatoms. The Hall–Kier alpha value is -1.63. The van der Waals surface area contributed by atoms with Gasteiger partial charge in [0, 0.05) is 0 Å². The third kappa shape index (κ3) is 2.37. The predicted molar refractivity (Wildman–Crippen MR) is 61.3 cm³/mol. The third-order valence-corrected chi connectivity index (χ3v) is 3.15.